The molecule has 0 aromatic rings. The maximum absolute atomic E-state index is 13.6. The minimum absolute atomic E-state index is 0.0211. The third-order valence-electron chi connectivity index (χ3n) is 16.0. The van der Waals surface area contributed by atoms with Crippen LogP contribution in [0.3, 0.4) is 0 Å². The molecule has 1 N–H and O–H groups in total. The Morgan fingerprint density at radius 1 is 0.557 bits per heavy atom. The van der Waals surface area contributed by atoms with Crippen molar-refractivity contribution in [1.29, 1.82) is 0 Å². The highest BCUT2D eigenvalue weighted by Gasteiger charge is 2.71. The Morgan fingerprint density at radius 2 is 1.07 bits per heavy atom. The van der Waals surface area contributed by atoms with Crippen molar-refractivity contribution in [3.05, 3.63) is 12.2 Å². The normalized spacial score (nSPS) is 26.7. The van der Waals surface area contributed by atoms with E-state index in [4.69, 9.17) is 9.47 Å². The minimum atomic E-state index is -0.0975. The molecule has 5 heteroatoms. The number of carbonyl (C=O) groups is 2. The number of hydrogen-bond donors (Lipinski definition) is 1. The molecule has 0 saturated heterocycles. The van der Waals surface area contributed by atoms with E-state index in [1.807, 2.05) is 7.05 Å². The number of carbonyl (C=O) groups excluding carboxylic acids is 2. The van der Waals surface area contributed by atoms with Crippen LogP contribution in [-0.4, -0.2) is 37.7 Å². The molecule has 4 saturated carbocycles. The molecule has 61 heavy (non-hydrogen) atoms. The Bertz CT molecular complexity index is 1120. The lowest BCUT2D eigenvalue weighted by atomic mass is 9.88. The van der Waals surface area contributed by atoms with E-state index >= 15 is 0 Å². The molecular formula is C56H101NO4. The van der Waals surface area contributed by atoms with Crippen molar-refractivity contribution >= 4 is 11.9 Å². The van der Waals surface area contributed by atoms with Gasteiger partial charge < -0.3 is 14.8 Å². The van der Waals surface area contributed by atoms with Crippen LogP contribution in [0.5, 0.6) is 0 Å². The Morgan fingerprint density at radius 3 is 1.59 bits per heavy atom. The summed E-state index contributed by atoms with van der Waals surface area (Å²) in [6.07, 6.45) is 50.9. The molecule has 0 bridgehead atoms. The van der Waals surface area contributed by atoms with Crippen molar-refractivity contribution in [3.8, 4) is 0 Å². The van der Waals surface area contributed by atoms with Gasteiger partial charge in [0.25, 0.3) is 0 Å². The van der Waals surface area contributed by atoms with Crippen molar-refractivity contribution in [1.82, 2.24) is 5.32 Å². The van der Waals surface area contributed by atoms with Gasteiger partial charge in [-0.25, -0.2) is 0 Å². The van der Waals surface area contributed by atoms with Crippen LogP contribution in [0, 0.1) is 47.3 Å². The fraction of sp³-hybridized carbons (Fsp3) is 0.929. The lowest BCUT2D eigenvalue weighted by Crippen LogP contribution is -2.27. The second-order valence-corrected chi connectivity index (χ2v) is 21.1. The number of allylic oxidation sites excluding steroid dienone is 2. The number of unbranched alkanes of at least 4 members (excludes halogenated alkanes) is 19. The molecule has 6 unspecified atom stereocenters. The maximum Gasteiger partial charge on any atom is 0.306 e. The Kier molecular flexibility index (Phi) is 27.7. The van der Waals surface area contributed by atoms with Gasteiger partial charge >= 0.3 is 11.9 Å². The number of fused-ring (bicyclic) bond motifs is 1. The lowest BCUT2D eigenvalue weighted by molar-refractivity contribution is -0.152. The van der Waals surface area contributed by atoms with Crippen LogP contribution >= 0.6 is 0 Å². The highest BCUT2D eigenvalue weighted by Crippen LogP contribution is 2.76. The molecule has 4 rings (SSSR count). The van der Waals surface area contributed by atoms with Crippen molar-refractivity contribution < 1.29 is 19.1 Å². The molecule has 0 radical (unpaired) electrons. The standard InChI is InChI=1S/C56H101NO4/c1-5-8-11-13-19-25-32-45-43-46(45)33-26-20-14-15-21-27-34-48(35-28-22-16-17-23-30-38-51-55-50(56(51)55)37-29-18-12-9-6-2)60-54(59)44-47-40-41-52(49(47)36-24-10-7-3)61-53(58)39-31-42-57-4/h10,24,45-52,55-57H,5-9,11-23,25-44H2,1-4H3/b24-10-/t45-,46+,47+,48?,49?,50?,51?,52?,55-,56?/m1/s1. The Hall–Kier alpha value is -1.36. The van der Waals surface area contributed by atoms with E-state index in [1.54, 1.807) is 0 Å². The van der Waals surface area contributed by atoms with Gasteiger partial charge in [0, 0.05) is 18.8 Å². The first-order chi connectivity index (χ1) is 30.0. The van der Waals surface area contributed by atoms with Crippen LogP contribution in [-0.2, 0) is 19.1 Å². The van der Waals surface area contributed by atoms with Crippen LogP contribution in [0.2, 0.25) is 0 Å². The largest absolute Gasteiger partial charge is 0.462 e. The van der Waals surface area contributed by atoms with Gasteiger partial charge in [0.05, 0.1) is 0 Å². The van der Waals surface area contributed by atoms with E-state index in [1.165, 1.54) is 180 Å². The summed E-state index contributed by atoms with van der Waals surface area (Å²) in [5.74, 6) is 6.90. The summed E-state index contributed by atoms with van der Waals surface area (Å²) in [5.41, 5.74) is 0. The summed E-state index contributed by atoms with van der Waals surface area (Å²) >= 11 is 0. The monoisotopic (exact) mass is 852 g/mol. The number of esters is 2. The zero-order chi connectivity index (χ0) is 43.3. The van der Waals surface area contributed by atoms with Gasteiger partial charge in [0.15, 0.2) is 0 Å². The topological polar surface area (TPSA) is 64.6 Å². The van der Waals surface area contributed by atoms with Crippen LogP contribution in [0.25, 0.3) is 0 Å². The van der Waals surface area contributed by atoms with E-state index in [9.17, 15) is 9.59 Å². The molecule has 0 aromatic carbocycles. The first-order valence-corrected chi connectivity index (χ1v) is 27.7. The Labute approximate surface area is 378 Å². The molecule has 4 fully saturated rings. The zero-order valence-electron chi connectivity index (χ0n) is 40.9. The molecule has 0 heterocycles. The molecule has 5 nitrogen and oxygen atoms in total. The van der Waals surface area contributed by atoms with Crippen LogP contribution in [0.15, 0.2) is 12.2 Å². The maximum atomic E-state index is 13.6. The summed E-state index contributed by atoms with van der Waals surface area (Å²) in [5, 5.41) is 3.12. The SMILES string of the molecule is CC/C=C\CC1C(OC(=O)CCCNC)CC[C@H]1CC(=O)OC(CCCCCCCCC1C2C(CCCCCCC)[C@H]12)CCCCCCCC[C@H]1C[C@H]1CCCCCCCC. The zero-order valence-corrected chi connectivity index (χ0v) is 40.9. The fourth-order valence-corrected chi connectivity index (χ4v) is 11.9. The summed E-state index contributed by atoms with van der Waals surface area (Å²) in [6, 6.07) is 0. The third kappa shape index (κ3) is 21.9. The number of nitrogens with one attached hydrogen (secondary N) is 1. The molecule has 0 amide bonds. The quantitative estimate of drug-likeness (QED) is 0.0376. The highest BCUT2D eigenvalue weighted by atomic mass is 16.5. The van der Waals surface area contributed by atoms with Gasteiger partial charge in [-0.1, -0.05) is 181 Å². The molecule has 0 aromatic heterocycles. The summed E-state index contributed by atoms with van der Waals surface area (Å²) in [7, 11) is 1.91. The second kappa shape index (κ2) is 32.3. The summed E-state index contributed by atoms with van der Waals surface area (Å²) < 4.78 is 12.4. The lowest BCUT2D eigenvalue weighted by Gasteiger charge is -2.25. The van der Waals surface area contributed by atoms with Gasteiger partial charge in [-0.2, -0.15) is 0 Å². The van der Waals surface area contributed by atoms with E-state index in [0.717, 1.165) is 87.0 Å². The molecule has 0 spiro atoms. The van der Waals surface area contributed by atoms with E-state index in [0.29, 0.717) is 12.8 Å². The van der Waals surface area contributed by atoms with E-state index in [-0.39, 0.29) is 36.0 Å². The predicted molar refractivity (Wildman–Crippen MR) is 259 cm³/mol. The first-order valence-electron chi connectivity index (χ1n) is 27.7. The van der Waals surface area contributed by atoms with Crippen molar-refractivity contribution in [2.24, 2.45) is 47.3 Å². The smallest absolute Gasteiger partial charge is 0.306 e. The molecule has 10 atom stereocenters. The van der Waals surface area contributed by atoms with Gasteiger partial charge in [0.1, 0.15) is 12.2 Å². The first kappa shape index (κ1) is 52.3. The Balaban J connectivity index is 1.10. The summed E-state index contributed by atoms with van der Waals surface area (Å²) in [6.45, 7) is 7.59. The second-order valence-electron chi connectivity index (χ2n) is 21.1. The highest BCUT2D eigenvalue weighted by molar-refractivity contribution is 5.70. The van der Waals surface area contributed by atoms with Crippen molar-refractivity contribution in [3.63, 3.8) is 0 Å². The van der Waals surface area contributed by atoms with Crippen LogP contribution in [0.4, 0.5) is 0 Å². The fourth-order valence-electron chi connectivity index (χ4n) is 11.9. The van der Waals surface area contributed by atoms with Crippen molar-refractivity contribution in [2.75, 3.05) is 13.6 Å². The van der Waals surface area contributed by atoms with Gasteiger partial charge in [-0.15, -0.1) is 0 Å². The number of hydrogen-bond acceptors (Lipinski definition) is 5. The van der Waals surface area contributed by atoms with E-state index < -0.39 is 0 Å². The number of rotatable bonds is 42. The van der Waals surface area contributed by atoms with Crippen molar-refractivity contribution in [2.45, 2.75) is 271 Å². The molecule has 354 valence electrons. The number of ether oxygens (including phenoxy) is 2. The average Bonchev–Trinajstić information content (AvgIpc) is 4.21. The predicted octanol–water partition coefficient (Wildman–Crippen LogP) is 16.1. The van der Waals surface area contributed by atoms with Crippen LogP contribution < -0.4 is 5.32 Å². The van der Waals surface area contributed by atoms with Gasteiger partial charge in [-0.05, 0) is 132 Å². The van der Waals surface area contributed by atoms with E-state index in [2.05, 4.69) is 38.2 Å². The third-order valence-corrected chi connectivity index (χ3v) is 16.0. The summed E-state index contributed by atoms with van der Waals surface area (Å²) in [4.78, 5) is 26.3. The van der Waals surface area contributed by atoms with Crippen LogP contribution in [0.1, 0.15) is 258 Å². The molecule has 4 aliphatic rings. The average molecular weight is 852 g/mol. The molecule has 0 aliphatic heterocycles. The molecule has 4 aliphatic carbocycles. The molecular weight excluding hydrogens is 751 g/mol. The van der Waals surface area contributed by atoms with Gasteiger partial charge in [0.2, 0.25) is 0 Å². The minimum Gasteiger partial charge on any atom is -0.462 e. The van der Waals surface area contributed by atoms with Gasteiger partial charge in [-0.3, -0.25) is 9.59 Å².